The number of hydrogen-bond donors (Lipinski definition) is 0. The highest BCUT2D eigenvalue weighted by Gasteiger charge is 2.15. The van der Waals surface area contributed by atoms with Crippen LogP contribution in [-0.4, -0.2) is 22.3 Å². The normalized spacial score (nSPS) is 9.90. The van der Waals surface area contributed by atoms with E-state index < -0.39 is 0 Å². The lowest BCUT2D eigenvalue weighted by atomic mass is 10.1. The maximum atomic E-state index is 12.5. The standard InChI is InChI=1S/C17H17N3O/c1-2-11-20(17(21)16-7-9-19-10-8-16)13-15-5-3-14(12-18)4-6-15/h3-10H,2,11,13H2,1H3. The van der Waals surface area contributed by atoms with Crippen molar-refractivity contribution in [3.05, 3.63) is 65.5 Å². The predicted molar refractivity (Wildman–Crippen MR) is 80.4 cm³/mol. The van der Waals surface area contributed by atoms with Crippen LogP contribution in [0.25, 0.3) is 0 Å². The van der Waals surface area contributed by atoms with E-state index in [1.165, 1.54) is 0 Å². The average Bonchev–Trinajstić information content (AvgIpc) is 2.55. The molecule has 1 heterocycles. The van der Waals surface area contributed by atoms with Gasteiger partial charge in [-0.3, -0.25) is 9.78 Å². The molecule has 0 aliphatic rings. The Morgan fingerprint density at radius 3 is 2.43 bits per heavy atom. The van der Waals surface area contributed by atoms with E-state index in [1.54, 1.807) is 36.7 Å². The van der Waals surface area contributed by atoms with Gasteiger partial charge in [-0.1, -0.05) is 19.1 Å². The zero-order valence-electron chi connectivity index (χ0n) is 12.0. The molecule has 0 spiro atoms. The highest BCUT2D eigenvalue weighted by molar-refractivity contribution is 5.94. The van der Waals surface area contributed by atoms with Gasteiger partial charge in [0.25, 0.3) is 5.91 Å². The molecule has 0 unspecified atom stereocenters. The van der Waals surface area contributed by atoms with Crippen LogP contribution in [0, 0.1) is 11.3 Å². The smallest absolute Gasteiger partial charge is 0.254 e. The third-order valence-corrected chi connectivity index (χ3v) is 3.16. The molecule has 0 bridgehead atoms. The van der Waals surface area contributed by atoms with Gasteiger partial charge in [-0.05, 0) is 36.2 Å². The van der Waals surface area contributed by atoms with Crippen molar-refractivity contribution in [2.45, 2.75) is 19.9 Å². The lowest BCUT2D eigenvalue weighted by molar-refractivity contribution is 0.0743. The Hall–Kier alpha value is -2.67. The first-order valence-electron chi connectivity index (χ1n) is 6.93. The molecule has 4 heteroatoms. The van der Waals surface area contributed by atoms with E-state index in [-0.39, 0.29) is 5.91 Å². The largest absolute Gasteiger partial charge is 0.334 e. The topological polar surface area (TPSA) is 57.0 Å². The molecule has 0 aliphatic carbocycles. The highest BCUT2D eigenvalue weighted by Crippen LogP contribution is 2.11. The monoisotopic (exact) mass is 279 g/mol. The van der Waals surface area contributed by atoms with E-state index in [4.69, 9.17) is 5.26 Å². The first kappa shape index (κ1) is 14.7. The molecule has 106 valence electrons. The number of nitrogens with zero attached hydrogens (tertiary/aromatic N) is 3. The molecule has 1 aromatic heterocycles. The summed E-state index contributed by atoms with van der Waals surface area (Å²) in [6.07, 6.45) is 4.14. The summed E-state index contributed by atoms with van der Waals surface area (Å²) in [6.45, 7) is 3.29. The van der Waals surface area contributed by atoms with Crippen molar-refractivity contribution < 1.29 is 4.79 Å². The second-order valence-corrected chi connectivity index (χ2v) is 4.77. The van der Waals surface area contributed by atoms with Gasteiger partial charge in [0.05, 0.1) is 11.6 Å². The summed E-state index contributed by atoms with van der Waals surface area (Å²) < 4.78 is 0. The van der Waals surface area contributed by atoms with Crippen molar-refractivity contribution in [3.63, 3.8) is 0 Å². The van der Waals surface area contributed by atoms with Crippen LogP contribution in [0.3, 0.4) is 0 Å². The molecule has 0 N–H and O–H groups in total. The Morgan fingerprint density at radius 2 is 1.86 bits per heavy atom. The van der Waals surface area contributed by atoms with Gasteiger partial charge < -0.3 is 4.90 Å². The van der Waals surface area contributed by atoms with Crippen LogP contribution in [0.4, 0.5) is 0 Å². The first-order valence-corrected chi connectivity index (χ1v) is 6.93. The summed E-state index contributed by atoms with van der Waals surface area (Å²) in [4.78, 5) is 18.3. The Bertz CT molecular complexity index is 629. The van der Waals surface area contributed by atoms with Crippen molar-refractivity contribution in [3.8, 4) is 6.07 Å². The van der Waals surface area contributed by atoms with Crippen LogP contribution < -0.4 is 0 Å². The summed E-state index contributed by atoms with van der Waals surface area (Å²) in [5.41, 5.74) is 2.29. The molecule has 0 aliphatic heterocycles. The van der Waals surface area contributed by atoms with Crippen LogP contribution in [-0.2, 0) is 6.54 Å². The minimum absolute atomic E-state index is 0.00334. The molecule has 0 fully saturated rings. The number of rotatable bonds is 5. The minimum atomic E-state index is 0.00334. The van der Waals surface area contributed by atoms with E-state index in [9.17, 15) is 4.79 Å². The summed E-state index contributed by atoms with van der Waals surface area (Å²) in [7, 11) is 0. The third kappa shape index (κ3) is 3.90. The van der Waals surface area contributed by atoms with Gasteiger partial charge in [-0.25, -0.2) is 0 Å². The Labute approximate surface area is 124 Å². The van der Waals surface area contributed by atoms with Gasteiger partial charge in [0.1, 0.15) is 0 Å². The summed E-state index contributed by atoms with van der Waals surface area (Å²) in [5, 5.41) is 8.81. The molecule has 1 amide bonds. The van der Waals surface area contributed by atoms with E-state index in [0.717, 1.165) is 12.0 Å². The van der Waals surface area contributed by atoms with Crippen molar-refractivity contribution in [1.29, 1.82) is 5.26 Å². The van der Waals surface area contributed by atoms with Crippen molar-refractivity contribution >= 4 is 5.91 Å². The van der Waals surface area contributed by atoms with Crippen molar-refractivity contribution in [2.75, 3.05) is 6.54 Å². The summed E-state index contributed by atoms with van der Waals surface area (Å²) >= 11 is 0. The lowest BCUT2D eigenvalue weighted by Gasteiger charge is -2.22. The predicted octanol–water partition coefficient (Wildman–Crippen LogP) is 3.01. The number of pyridine rings is 1. The molecule has 2 rings (SSSR count). The Balaban J connectivity index is 2.15. The second-order valence-electron chi connectivity index (χ2n) is 4.77. The fraction of sp³-hybridized carbons (Fsp3) is 0.235. The zero-order chi connectivity index (χ0) is 15.1. The van der Waals surface area contributed by atoms with Crippen molar-refractivity contribution in [2.24, 2.45) is 0 Å². The van der Waals surface area contributed by atoms with Crippen LogP contribution in [0.1, 0.15) is 34.8 Å². The number of benzene rings is 1. The highest BCUT2D eigenvalue weighted by atomic mass is 16.2. The fourth-order valence-electron chi connectivity index (χ4n) is 2.10. The number of nitriles is 1. The first-order chi connectivity index (χ1) is 10.2. The molecule has 0 radical (unpaired) electrons. The zero-order valence-corrected chi connectivity index (χ0v) is 12.0. The van der Waals surface area contributed by atoms with Crippen LogP contribution in [0.15, 0.2) is 48.8 Å². The maximum Gasteiger partial charge on any atom is 0.254 e. The van der Waals surface area contributed by atoms with Gasteiger partial charge in [0.15, 0.2) is 0 Å². The number of amides is 1. The molecular formula is C17H17N3O. The van der Waals surface area contributed by atoms with Crippen LogP contribution in [0.2, 0.25) is 0 Å². The SMILES string of the molecule is CCCN(Cc1ccc(C#N)cc1)C(=O)c1ccncc1. The number of aromatic nitrogens is 1. The third-order valence-electron chi connectivity index (χ3n) is 3.16. The van der Waals surface area contributed by atoms with Crippen LogP contribution >= 0.6 is 0 Å². The molecule has 0 saturated carbocycles. The average molecular weight is 279 g/mol. The molecule has 21 heavy (non-hydrogen) atoms. The van der Waals surface area contributed by atoms with E-state index in [0.29, 0.717) is 24.2 Å². The second kappa shape index (κ2) is 7.20. The molecule has 0 atom stereocenters. The van der Waals surface area contributed by atoms with Gasteiger partial charge in [0.2, 0.25) is 0 Å². The minimum Gasteiger partial charge on any atom is -0.334 e. The summed E-state index contributed by atoms with van der Waals surface area (Å²) in [6, 6.07) is 12.9. The van der Waals surface area contributed by atoms with Gasteiger partial charge in [0, 0.05) is 31.0 Å². The quantitative estimate of drug-likeness (QED) is 0.845. The van der Waals surface area contributed by atoms with E-state index in [2.05, 4.69) is 11.1 Å². The van der Waals surface area contributed by atoms with Crippen molar-refractivity contribution in [1.82, 2.24) is 9.88 Å². The van der Waals surface area contributed by atoms with E-state index >= 15 is 0 Å². The number of carbonyl (C=O) groups is 1. The number of carbonyl (C=O) groups excluding carboxylic acids is 1. The van der Waals surface area contributed by atoms with Crippen LogP contribution in [0.5, 0.6) is 0 Å². The molecule has 1 aromatic carbocycles. The maximum absolute atomic E-state index is 12.5. The van der Waals surface area contributed by atoms with Gasteiger partial charge >= 0.3 is 0 Å². The molecule has 0 saturated heterocycles. The Morgan fingerprint density at radius 1 is 1.19 bits per heavy atom. The summed E-state index contributed by atoms with van der Waals surface area (Å²) in [5.74, 6) is 0.00334. The molecular weight excluding hydrogens is 262 g/mol. The van der Waals surface area contributed by atoms with E-state index in [1.807, 2.05) is 24.0 Å². The molecule has 4 nitrogen and oxygen atoms in total. The number of hydrogen-bond acceptors (Lipinski definition) is 3. The lowest BCUT2D eigenvalue weighted by Crippen LogP contribution is -2.31. The van der Waals surface area contributed by atoms with Gasteiger partial charge in [-0.15, -0.1) is 0 Å². The molecule has 2 aromatic rings. The Kier molecular flexibility index (Phi) is 5.05. The van der Waals surface area contributed by atoms with Gasteiger partial charge in [-0.2, -0.15) is 5.26 Å². The fourth-order valence-corrected chi connectivity index (χ4v) is 2.10.